The largest absolute Gasteiger partial charge is 0.375 e. The van der Waals surface area contributed by atoms with Crippen molar-refractivity contribution in [1.82, 2.24) is 9.97 Å². The first-order valence-corrected chi connectivity index (χ1v) is 8.36. The summed E-state index contributed by atoms with van der Waals surface area (Å²) in [6.07, 6.45) is 0. The molecule has 0 atom stereocenters. The average Bonchev–Trinajstić information content (AvgIpc) is 2.60. The fraction of sp³-hybridized carbons (Fsp3) is 0.105. The molecular weight excluding hydrogens is 352 g/mol. The maximum atomic E-state index is 12.2. The Bertz CT molecular complexity index is 1000. The molecule has 3 aromatic rings. The first-order chi connectivity index (χ1) is 12.5. The number of aromatic nitrogens is 2. The van der Waals surface area contributed by atoms with Crippen LogP contribution in [-0.4, -0.2) is 22.4 Å². The number of H-pyrrole nitrogens is 1. The van der Waals surface area contributed by atoms with E-state index in [4.69, 9.17) is 11.6 Å². The minimum atomic E-state index is -0.217. The topological polar surface area (TPSA) is 86.9 Å². The minimum absolute atomic E-state index is 0.0769. The Kier molecular flexibility index (Phi) is 5.34. The molecular formula is C19H17ClN4O2. The molecule has 0 spiro atoms. The van der Waals surface area contributed by atoms with Gasteiger partial charge in [0.15, 0.2) is 0 Å². The highest BCUT2D eigenvalue weighted by atomic mass is 35.5. The van der Waals surface area contributed by atoms with Crippen LogP contribution in [0.4, 0.5) is 11.4 Å². The Morgan fingerprint density at radius 3 is 2.73 bits per heavy atom. The zero-order valence-corrected chi connectivity index (χ0v) is 14.8. The highest BCUT2D eigenvalue weighted by Crippen LogP contribution is 2.21. The maximum Gasteiger partial charge on any atom is 0.251 e. The monoisotopic (exact) mass is 368 g/mol. The molecule has 0 aliphatic heterocycles. The predicted octanol–water partition coefficient (Wildman–Crippen LogP) is 3.45. The van der Waals surface area contributed by atoms with Gasteiger partial charge in [0.1, 0.15) is 5.82 Å². The van der Waals surface area contributed by atoms with Crippen molar-refractivity contribution in [1.29, 1.82) is 0 Å². The molecule has 26 heavy (non-hydrogen) atoms. The van der Waals surface area contributed by atoms with Crippen LogP contribution in [0.3, 0.4) is 0 Å². The fourth-order valence-electron chi connectivity index (χ4n) is 2.45. The first kappa shape index (κ1) is 17.7. The number of rotatable bonds is 5. The van der Waals surface area contributed by atoms with Crippen molar-refractivity contribution in [2.45, 2.75) is 6.92 Å². The predicted molar refractivity (Wildman–Crippen MR) is 104 cm³/mol. The van der Waals surface area contributed by atoms with Crippen molar-refractivity contribution in [2.24, 2.45) is 0 Å². The van der Waals surface area contributed by atoms with Crippen LogP contribution >= 0.6 is 11.6 Å². The summed E-state index contributed by atoms with van der Waals surface area (Å²) in [6, 6.07) is 15.8. The Labute approximate surface area is 155 Å². The quantitative estimate of drug-likeness (QED) is 0.643. The molecule has 0 radical (unpaired) electrons. The third kappa shape index (κ3) is 4.49. The van der Waals surface area contributed by atoms with E-state index in [0.29, 0.717) is 33.5 Å². The van der Waals surface area contributed by atoms with E-state index in [-0.39, 0.29) is 18.0 Å². The van der Waals surface area contributed by atoms with Gasteiger partial charge in [-0.3, -0.25) is 9.59 Å². The summed E-state index contributed by atoms with van der Waals surface area (Å²) >= 11 is 6.05. The van der Waals surface area contributed by atoms with Crippen LogP contribution < -0.4 is 16.2 Å². The molecule has 1 aromatic heterocycles. The number of amides is 1. The Morgan fingerprint density at radius 2 is 1.96 bits per heavy atom. The van der Waals surface area contributed by atoms with Crippen LogP contribution in [0.25, 0.3) is 11.4 Å². The lowest BCUT2D eigenvalue weighted by atomic mass is 10.2. The van der Waals surface area contributed by atoms with E-state index in [1.807, 2.05) is 18.2 Å². The van der Waals surface area contributed by atoms with E-state index < -0.39 is 0 Å². The highest BCUT2D eigenvalue weighted by Gasteiger charge is 2.07. The Balaban J connectivity index is 1.69. The third-order valence-electron chi connectivity index (χ3n) is 3.60. The normalized spacial score (nSPS) is 10.4. The lowest BCUT2D eigenvalue weighted by molar-refractivity contribution is -0.114. The number of anilines is 2. The van der Waals surface area contributed by atoms with Gasteiger partial charge in [-0.15, -0.1) is 0 Å². The van der Waals surface area contributed by atoms with Crippen molar-refractivity contribution in [3.05, 3.63) is 75.7 Å². The van der Waals surface area contributed by atoms with Gasteiger partial charge < -0.3 is 15.6 Å². The van der Waals surface area contributed by atoms with Crippen LogP contribution in [0.1, 0.15) is 5.69 Å². The van der Waals surface area contributed by atoms with Gasteiger partial charge in [-0.2, -0.15) is 0 Å². The van der Waals surface area contributed by atoms with Crippen molar-refractivity contribution in [2.75, 3.05) is 17.2 Å². The van der Waals surface area contributed by atoms with Gasteiger partial charge in [-0.05, 0) is 31.2 Å². The lowest BCUT2D eigenvalue weighted by Crippen LogP contribution is -2.21. The number of halogens is 1. The van der Waals surface area contributed by atoms with Gasteiger partial charge in [-0.1, -0.05) is 35.9 Å². The second-order valence-corrected chi connectivity index (χ2v) is 6.10. The van der Waals surface area contributed by atoms with E-state index in [2.05, 4.69) is 20.6 Å². The standard InChI is InChI=1S/C19H17ClN4O2/c1-12-9-17(25)24-19(22-12)13-5-4-6-14(10-13)23-18(26)11-21-16-8-3-2-7-15(16)20/h2-10,21H,11H2,1H3,(H,23,26)(H,22,24,25). The molecule has 7 heteroatoms. The molecule has 2 aromatic carbocycles. The van der Waals surface area contributed by atoms with E-state index in [1.165, 1.54) is 6.07 Å². The molecule has 132 valence electrons. The van der Waals surface area contributed by atoms with Crippen LogP contribution in [0, 0.1) is 6.92 Å². The molecule has 6 nitrogen and oxygen atoms in total. The Hall–Kier alpha value is -3.12. The second-order valence-electron chi connectivity index (χ2n) is 5.70. The molecule has 0 aliphatic rings. The highest BCUT2D eigenvalue weighted by molar-refractivity contribution is 6.33. The van der Waals surface area contributed by atoms with E-state index >= 15 is 0 Å². The van der Waals surface area contributed by atoms with Gasteiger partial charge in [0, 0.05) is 23.0 Å². The van der Waals surface area contributed by atoms with Crippen molar-refractivity contribution < 1.29 is 4.79 Å². The zero-order chi connectivity index (χ0) is 18.5. The van der Waals surface area contributed by atoms with Gasteiger partial charge in [0.2, 0.25) is 5.91 Å². The summed E-state index contributed by atoms with van der Waals surface area (Å²) in [5.74, 6) is 0.244. The summed E-state index contributed by atoms with van der Waals surface area (Å²) in [6.45, 7) is 1.83. The number of aryl methyl sites for hydroxylation is 1. The van der Waals surface area contributed by atoms with Crippen LogP contribution in [-0.2, 0) is 4.79 Å². The molecule has 3 N–H and O–H groups in total. The van der Waals surface area contributed by atoms with Crippen LogP contribution in [0.5, 0.6) is 0 Å². The number of benzene rings is 2. The molecule has 0 saturated heterocycles. The number of para-hydroxylation sites is 1. The van der Waals surface area contributed by atoms with E-state index in [0.717, 1.165) is 0 Å². The zero-order valence-electron chi connectivity index (χ0n) is 14.0. The number of hydrogen-bond acceptors (Lipinski definition) is 4. The van der Waals surface area contributed by atoms with E-state index in [1.54, 1.807) is 37.3 Å². The third-order valence-corrected chi connectivity index (χ3v) is 3.93. The maximum absolute atomic E-state index is 12.2. The molecule has 0 saturated carbocycles. The average molecular weight is 369 g/mol. The van der Waals surface area contributed by atoms with Crippen LogP contribution in [0.15, 0.2) is 59.4 Å². The summed E-state index contributed by atoms with van der Waals surface area (Å²) in [5.41, 5.74) is 2.42. The molecule has 0 unspecified atom stereocenters. The summed E-state index contributed by atoms with van der Waals surface area (Å²) < 4.78 is 0. The first-order valence-electron chi connectivity index (χ1n) is 7.98. The number of nitrogens with one attached hydrogen (secondary N) is 3. The summed E-state index contributed by atoms with van der Waals surface area (Å²) in [4.78, 5) is 30.8. The molecule has 0 bridgehead atoms. The van der Waals surface area contributed by atoms with Gasteiger partial charge in [-0.25, -0.2) is 4.98 Å². The van der Waals surface area contributed by atoms with Gasteiger partial charge >= 0.3 is 0 Å². The van der Waals surface area contributed by atoms with E-state index in [9.17, 15) is 9.59 Å². The smallest absolute Gasteiger partial charge is 0.251 e. The molecule has 1 heterocycles. The lowest BCUT2D eigenvalue weighted by Gasteiger charge is -2.10. The number of nitrogens with zero attached hydrogens (tertiary/aromatic N) is 1. The second kappa shape index (κ2) is 7.84. The molecule has 3 rings (SSSR count). The SMILES string of the molecule is Cc1cc(=O)[nH]c(-c2cccc(NC(=O)CNc3ccccc3Cl)c2)n1. The number of carbonyl (C=O) groups is 1. The molecule has 0 aliphatic carbocycles. The number of aromatic amines is 1. The number of carbonyl (C=O) groups excluding carboxylic acids is 1. The van der Waals surface area contributed by atoms with Crippen molar-refractivity contribution >= 4 is 28.9 Å². The summed E-state index contributed by atoms with van der Waals surface area (Å²) in [5, 5.41) is 6.35. The molecule has 1 amide bonds. The number of hydrogen-bond donors (Lipinski definition) is 3. The van der Waals surface area contributed by atoms with Crippen LogP contribution in [0.2, 0.25) is 5.02 Å². The van der Waals surface area contributed by atoms with Crippen molar-refractivity contribution in [3.8, 4) is 11.4 Å². The van der Waals surface area contributed by atoms with Crippen molar-refractivity contribution in [3.63, 3.8) is 0 Å². The Morgan fingerprint density at radius 1 is 1.15 bits per heavy atom. The fourth-order valence-corrected chi connectivity index (χ4v) is 2.65. The summed E-state index contributed by atoms with van der Waals surface area (Å²) in [7, 11) is 0. The minimum Gasteiger partial charge on any atom is -0.375 e. The molecule has 0 fully saturated rings. The van der Waals surface area contributed by atoms with Gasteiger partial charge in [0.25, 0.3) is 5.56 Å². The van der Waals surface area contributed by atoms with Gasteiger partial charge in [0.05, 0.1) is 17.3 Å².